The molecule has 0 aliphatic carbocycles. The van der Waals surface area contributed by atoms with Crippen LogP contribution in [0.5, 0.6) is 11.5 Å². The highest BCUT2D eigenvalue weighted by Gasteiger charge is 2.15. The first-order valence-electron chi connectivity index (χ1n) is 6.10. The third-order valence-electron chi connectivity index (χ3n) is 3.01. The average Bonchev–Trinajstić information content (AvgIpc) is 2.49. The quantitative estimate of drug-likeness (QED) is 0.510. The van der Waals surface area contributed by atoms with Crippen LogP contribution in [0.15, 0.2) is 59.3 Å². The van der Waals surface area contributed by atoms with Crippen LogP contribution in [0.1, 0.15) is 0 Å². The second kappa shape index (κ2) is 5.49. The van der Waals surface area contributed by atoms with Gasteiger partial charge in [-0.1, -0.05) is 12.1 Å². The van der Waals surface area contributed by atoms with Crippen molar-refractivity contribution in [2.75, 3.05) is 0 Å². The lowest BCUT2D eigenvalue weighted by Gasteiger charge is -2.10. The molecule has 0 spiro atoms. The Kier molecular flexibility index (Phi) is 3.53. The molecule has 0 aliphatic heterocycles. The summed E-state index contributed by atoms with van der Waals surface area (Å²) in [4.78, 5) is 14.7. The normalized spacial score (nSPS) is 10.5. The number of pyridine rings is 1. The topological polar surface area (TPSA) is 65.3 Å². The molecular formula is C15H9BrN2O3. The van der Waals surface area contributed by atoms with Gasteiger partial charge < -0.3 is 4.74 Å². The van der Waals surface area contributed by atoms with Gasteiger partial charge >= 0.3 is 0 Å². The largest absolute Gasteiger partial charge is 0.455 e. The van der Waals surface area contributed by atoms with Gasteiger partial charge in [-0.3, -0.25) is 15.1 Å². The van der Waals surface area contributed by atoms with Crippen molar-refractivity contribution in [3.8, 4) is 11.5 Å². The third-order valence-corrected chi connectivity index (χ3v) is 3.66. The van der Waals surface area contributed by atoms with E-state index in [0.29, 0.717) is 22.3 Å². The maximum absolute atomic E-state index is 11.1. The second-order valence-corrected chi connectivity index (χ2v) is 5.15. The van der Waals surface area contributed by atoms with E-state index in [4.69, 9.17) is 4.74 Å². The summed E-state index contributed by atoms with van der Waals surface area (Å²) < 4.78 is 6.65. The number of non-ortho nitro benzene ring substituents is 1. The van der Waals surface area contributed by atoms with E-state index >= 15 is 0 Å². The molecule has 104 valence electrons. The molecule has 0 N–H and O–H groups in total. The molecule has 0 amide bonds. The van der Waals surface area contributed by atoms with Crippen molar-refractivity contribution in [3.05, 3.63) is 69.4 Å². The molecule has 21 heavy (non-hydrogen) atoms. The Bertz CT molecular complexity index is 836. The second-order valence-electron chi connectivity index (χ2n) is 4.29. The average molecular weight is 345 g/mol. The monoisotopic (exact) mass is 344 g/mol. The van der Waals surface area contributed by atoms with E-state index in [-0.39, 0.29) is 5.69 Å². The lowest BCUT2D eigenvalue weighted by atomic mass is 10.1. The molecule has 2 aromatic carbocycles. The first-order chi connectivity index (χ1) is 10.2. The zero-order valence-corrected chi connectivity index (χ0v) is 12.3. The molecular weight excluding hydrogens is 336 g/mol. The molecule has 0 unspecified atom stereocenters. The standard InChI is InChI=1S/C15H9BrN2O3/c16-12-3-1-2-4-15(12)21-14-6-5-13(18(19)20)10-7-8-17-9-11(10)14/h1-9H. The minimum atomic E-state index is -0.412. The van der Waals surface area contributed by atoms with Crippen molar-refractivity contribution in [2.24, 2.45) is 0 Å². The summed E-state index contributed by atoms with van der Waals surface area (Å²) in [5.74, 6) is 1.16. The first-order valence-corrected chi connectivity index (χ1v) is 6.89. The van der Waals surface area contributed by atoms with E-state index < -0.39 is 4.92 Å². The third kappa shape index (κ3) is 2.57. The van der Waals surface area contributed by atoms with E-state index in [1.807, 2.05) is 24.3 Å². The van der Waals surface area contributed by atoms with Gasteiger partial charge in [-0.25, -0.2) is 0 Å². The highest BCUT2D eigenvalue weighted by Crippen LogP contribution is 2.36. The van der Waals surface area contributed by atoms with Crippen molar-refractivity contribution in [1.29, 1.82) is 0 Å². The Morgan fingerprint density at radius 1 is 1.05 bits per heavy atom. The summed E-state index contributed by atoms with van der Waals surface area (Å²) in [5, 5.41) is 12.2. The van der Waals surface area contributed by atoms with Gasteiger partial charge in [-0.05, 0) is 40.2 Å². The predicted octanol–water partition coefficient (Wildman–Crippen LogP) is 4.70. The fourth-order valence-corrected chi connectivity index (χ4v) is 2.41. The van der Waals surface area contributed by atoms with E-state index in [9.17, 15) is 10.1 Å². The highest BCUT2D eigenvalue weighted by atomic mass is 79.9. The van der Waals surface area contributed by atoms with Crippen molar-refractivity contribution >= 4 is 32.4 Å². The molecule has 0 fully saturated rings. The SMILES string of the molecule is O=[N+]([O-])c1ccc(Oc2ccccc2Br)c2cnccc12. The molecule has 3 rings (SSSR count). The molecule has 0 saturated heterocycles. The van der Waals surface area contributed by atoms with E-state index in [0.717, 1.165) is 4.47 Å². The number of fused-ring (bicyclic) bond motifs is 1. The minimum Gasteiger partial charge on any atom is -0.455 e. The molecule has 1 heterocycles. The number of nitro groups is 1. The Morgan fingerprint density at radius 3 is 2.62 bits per heavy atom. The van der Waals surface area contributed by atoms with Crippen molar-refractivity contribution in [2.45, 2.75) is 0 Å². The number of nitro benzene ring substituents is 1. The van der Waals surface area contributed by atoms with Gasteiger partial charge in [-0.2, -0.15) is 0 Å². The molecule has 0 atom stereocenters. The van der Waals surface area contributed by atoms with Gasteiger partial charge in [0.1, 0.15) is 11.5 Å². The summed E-state index contributed by atoms with van der Waals surface area (Å²) in [6, 6.07) is 12.0. The van der Waals surface area contributed by atoms with E-state index in [1.165, 1.54) is 12.3 Å². The Morgan fingerprint density at radius 2 is 1.86 bits per heavy atom. The van der Waals surface area contributed by atoms with Gasteiger partial charge in [0, 0.05) is 23.8 Å². The number of ether oxygens (including phenoxy) is 1. The number of halogens is 1. The fraction of sp³-hybridized carbons (Fsp3) is 0. The van der Waals surface area contributed by atoms with Gasteiger partial charge in [0.25, 0.3) is 5.69 Å². The van der Waals surface area contributed by atoms with Crippen LogP contribution in [0.25, 0.3) is 10.8 Å². The maximum atomic E-state index is 11.1. The smallest absolute Gasteiger partial charge is 0.277 e. The fourth-order valence-electron chi connectivity index (χ4n) is 2.04. The molecule has 1 aromatic heterocycles. The number of hydrogen-bond donors (Lipinski definition) is 0. The zero-order valence-electron chi connectivity index (χ0n) is 10.7. The Balaban J connectivity index is 2.14. The van der Waals surface area contributed by atoms with Crippen LogP contribution in [-0.2, 0) is 0 Å². The number of para-hydroxylation sites is 1. The molecule has 0 aliphatic rings. The maximum Gasteiger partial charge on any atom is 0.277 e. The summed E-state index contributed by atoms with van der Waals surface area (Å²) in [7, 11) is 0. The molecule has 5 nitrogen and oxygen atoms in total. The van der Waals surface area contributed by atoms with Gasteiger partial charge in [0.05, 0.1) is 14.8 Å². The lowest BCUT2D eigenvalue weighted by Crippen LogP contribution is -1.93. The number of nitrogens with zero attached hydrogens (tertiary/aromatic N) is 2. The van der Waals surface area contributed by atoms with Crippen LogP contribution in [0.4, 0.5) is 5.69 Å². The van der Waals surface area contributed by atoms with Crippen LogP contribution in [0.3, 0.4) is 0 Å². The van der Waals surface area contributed by atoms with Crippen LogP contribution >= 0.6 is 15.9 Å². The minimum absolute atomic E-state index is 0.0341. The van der Waals surface area contributed by atoms with Crippen LogP contribution < -0.4 is 4.74 Å². The molecule has 0 saturated carbocycles. The van der Waals surface area contributed by atoms with Crippen LogP contribution in [-0.4, -0.2) is 9.91 Å². The summed E-state index contributed by atoms with van der Waals surface area (Å²) in [5.41, 5.74) is 0.0341. The van der Waals surface area contributed by atoms with Gasteiger partial charge in [0.15, 0.2) is 0 Å². The molecule has 3 aromatic rings. The van der Waals surface area contributed by atoms with Crippen molar-refractivity contribution in [1.82, 2.24) is 4.98 Å². The summed E-state index contributed by atoms with van der Waals surface area (Å²) in [6.07, 6.45) is 3.09. The molecule has 0 bridgehead atoms. The number of hydrogen-bond acceptors (Lipinski definition) is 4. The number of benzene rings is 2. The first kappa shape index (κ1) is 13.5. The van der Waals surface area contributed by atoms with Crippen molar-refractivity contribution < 1.29 is 9.66 Å². The number of rotatable bonds is 3. The van der Waals surface area contributed by atoms with Crippen LogP contribution in [0.2, 0.25) is 0 Å². The van der Waals surface area contributed by atoms with E-state index in [2.05, 4.69) is 20.9 Å². The summed E-state index contributed by atoms with van der Waals surface area (Å²) >= 11 is 3.41. The zero-order chi connectivity index (χ0) is 14.8. The predicted molar refractivity (Wildman–Crippen MR) is 82.6 cm³/mol. The van der Waals surface area contributed by atoms with E-state index in [1.54, 1.807) is 18.3 Å². The lowest BCUT2D eigenvalue weighted by molar-refractivity contribution is -0.383. The van der Waals surface area contributed by atoms with Gasteiger partial charge in [-0.15, -0.1) is 0 Å². The Labute approximate surface area is 128 Å². The van der Waals surface area contributed by atoms with Gasteiger partial charge in [0.2, 0.25) is 0 Å². The van der Waals surface area contributed by atoms with Crippen LogP contribution in [0, 0.1) is 10.1 Å². The van der Waals surface area contributed by atoms with Crippen molar-refractivity contribution in [3.63, 3.8) is 0 Å². The Hall–Kier alpha value is -2.47. The molecule has 0 radical (unpaired) electrons. The number of aromatic nitrogens is 1. The highest BCUT2D eigenvalue weighted by molar-refractivity contribution is 9.10. The molecule has 6 heteroatoms. The summed E-state index contributed by atoms with van der Waals surface area (Å²) in [6.45, 7) is 0.